The van der Waals surface area contributed by atoms with Crippen LogP contribution in [0.2, 0.25) is 0 Å². The van der Waals surface area contributed by atoms with Crippen LogP contribution in [0.5, 0.6) is 0 Å². The van der Waals surface area contributed by atoms with Gasteiger partial charge in [-0.1, -0.05) is 6.92 Å². The summed E-state index contributed by atoms with van der Waals surface area (Å²) in [5.74, 6) is 0.176. The Hall–Kier alpha value is -0.680. The molecular weight excluding hydrogens is 282 g/mol. The van der Waals surface area contributed by atoms with Gasteiger partial charge in [0.15, 0.2) is 0 Å². The summed E-state index contributed by atoms with van der Waals surface area (Å²) in [5.41, 5.74) is 7.67. The molecule has 0 radical (unpaired) electrons. The average molecular weight is 302 g/mol. The summed E-state index contributed by atoms with van der Waals surface area (Å²) in [7, 11) is 0. The van der Waals surface area contributed by atoms with Crippen molar-refractivity contribution < 1.29 is 4.79 Å². The van der Waals surface area contributed by atoms with E-state index in [0.29, 0.717) is 12.8 Å². The van der Waals surface area contributed by atoms with Gasteiger partial charge in [-0.3, -0.25) is 9.48 Å². The first-order valence-corrected chi connectivity index (χ1v) is 6.77. The number of carbonyl (C=O) groups is 1. The van der Waals surface area contributed by atoms with E-state index in [-0.39, 0.29) is 11.8 Å². The molecule has 2 N–H and O–H groups in total. The quantitative estimate of drug-likeness (QED) is 0.876. The highest BCUT2D eigenvalue weighted by atomic mass is 79.9. The topological polar surface area (TPSA) is 60.9 Å². The van der Waals surface area contributed by atoms with Crippen LogP contribution in [0.15, 0.2) is 4.47 Å². The summed E-state index contributed by atoms with van der Waals surface area (Å²) in [6.07, 6.45) is 1.68. The van der Waals surface area contributed by atoms with Crippen LogP contribution >= 0.6 is 15.9 Å². The SMILES string of the molecule is CCC(N)CC(=O)Cc1c(Br)c(C)nn1CC. The van der Waals surface area contributed by atoms with Crippen molar-refractivity contribution in [3.8, 4) is 0 Å². The number of nitrogens with two attached hydrogens (primary N) is 1. The predicted molar refractivity (Wildman–Crippen MR) is 71.9 cm³/mol. The van der Waals surface area contributed by atoms with Crippen molar-refractivity contribution in [1.29, 1.82) is 0 Å². The molecule has 0 fully saturated rings. The van der Waals surface area contributed by atoms with Gasteiger partial charge in [-0.25, -0.2) is 0 Å². The molecule has 96 valence electrons. The molecule has 0 aliphatic heterocycles. The second-order valence-electron chi connectivity index (χ2n) is 4.25. The van der Waals surface area contributed by atoms with Gasteiger partial charge in [-0.15, -0.1) is 0 Å². The molecule has 0 spiro atoms. The van der Waals surface area contributed by atoms with Crippen molar-refractivity contribution in [3.63, 3.8) is 0 Å². The number of hydrogen-bond donors (Lipinski definition) is 1. The lowest BCUT2D eigenvalue weighted by molar-refractivity contribution is -0.118. The van der Waals surface area contributed by atoms with E-state index in [1.54, 1.807) is 0 Å². The molecule has 0 amide bonds. The van der Waals surface area contributed by atoms with Gasteiger partial charge in [0.05, 0.1) is 15.9 Å². The van der Waals surface area contributed by atoms with Crippen molar-refractivity contribution in [3.05, 3.63) is 15.9 Å². The largest absolute Gasteiger partial charge is 0.327 e. The standard InChI is InChI=1S/C12H20BrN3O/c1-4-9(14)6-10(17)7-11-12(13)8(3)15-16(11)5-2/h9H,4-7,14H2,1-3H3. The normalized spacial score (nSPS) is 12.8. The highest BCUT2D eigenvalue weighted by molar-refractivity contribution is 9.10. The summed E-state index contributed by atoms with van der Waals surface area (Å²) in [5, 5.41) is 4.37. The molecule has 1 unspecified atom stereocenters. The van der Waals surface area contributed by atoms with Crippen LogP contribution in [0, 0.1) is 6.92 Å². The van der Waals surface area contributed by atoms with Gasteiger partial charge >= 0.3 is 0 Å². The Labute approximate surface area is 111 Å². The summed E-state index contributed by atoms with van der Waals surface area (Å²) in [6.45, 7) is 6.72. The Morgan fingerprint density at radius 1 is 1.53 bits per heavy atom. The van der Waals surface area contributed by atoms with E-state index in [1.807, 2.05) is 25.5 Å². The van der Waals surface area contributed by atoms with Crippen molar-refractivity contribution in [2.75, 3.05) is 0 Å². The number of nitrogens with zero attached hydrogens (tertiary/aromatic N) is 2. The average Bonchev–Trinajstić information content (AvgIpc) is 2.56. The van der Waals surface area contributed by atoms with Crippen LogP contribution < -0.4 is 5.73 Å². The molecule has 1 atom stereocenters. The van der Waals surface area contributed by atoms with Crippen molar-refractivity contribution in [2.24, 2.45) is 5.73 Å². The van der Waals surface area contributed by atoms with E-state index in [0.717, 1.165) is 28.8 Å². The van der Waals surface area contributed by atoms with Crippen LogP contribution in [0.25, 0.3) is 0 Å². The van der Waals surface area contributed by atoms with Crippen molar-refractivity contribution in [1.82, 2.24) is 9.78 Å². The first-order valence-electron chi connectivity index (χ1n) is 5.98. The van der Waals surface area contributed by atoms with Crippen LogP contribution in [0.3, 0.4) is 0 Å². The molecule has 1 rings (SSSR count). The number of aromatic nitrogens is 2. The lowest BCUT2D eigenvalue weighted by atomic mass is 10.1. The Balaban J connectivity index is 2.77. The highest BCUT2D eigenvalue weighted by Crippen LogP contribution is 2.22. The highest BCUT2D eigenvalue weighted by Gasteiger charge is 2.16. The summed E-state index contributed by atoms with van der Waals surface area (Å²) in [6, 6.07) is -0.0274. The number of aryl methyl sites for hydroxylation is 2. The van der Waals surface area contributed by atoms with E-state index >= 15 is 0 Å². The van der Waals surface area contributed by atoms with Gasteiger partial charge in [-0.05, 0) is 36.2 Å². The molecule has 0 bridgehead atoms. The zero-order valence-corrected chi connectivity index (χ0v) is 12.2. The molecule has 0 saturated heterocycles. The molecular formula is C12H20BrN3O. The lowest BCUT2D eigenvalue weighted by Gasteiger charge is -2.08. The molecule has 0 aliphatic carbocycles. The fourth-order valence-electron chi connectivity index (χ4n) is 1.73. The number of Topliss-reactive ketones (excluding diaryl/α,β-unsaturated/α-hetero) is 1. The van der Waals surface area contributed by atoms with E-state index in [2.05, 4.69) is 21.0 Å². The minimum atomic E-state index is -0.0274. The molecule has 4 nitrogen and oxygen atoms in total. The summed E-state index contributed by atoms with van der Waals surface area (Å²) >= 11 is 3.49. The van der Waals surface area contributed by atoms with Gasteiger partial charge in [0.2, 0.25) is 0 Å². The Bertz CT molecular complexity index is 401. The van der Waals surface area contributed by atoms with Gasteiger partial charge < -0.3 is 5.73 Å². The molecule has 0 aromatic carbocycles. The summed E-state index contributed by atoms with van der Waals surface area (Å²) in [4.78, 5) is 11.9. The van der Waals surface area contributed by atoms with E-state index < -0.39 is 0 Å². The molecule has 17 heavy (non-hydrogen) atoms. The van der Waals surface area contributed by atoms with Gasteiger partial charge in [-0.2, -0.15) is 5.10 Å². The first-order chi connectivity index (χ1) is 7.99. The maximum atomic E-state index is 11.9. The smallest absolute Gasteiger partial charge is 0.140 e. The monoisotopic (exact) mass is 301 g/mol. The van der Waals surface area contributed by atoms with Gasteiger partial charge in [0, 0.05) is 25.4 Å². The lowest BCUT2D eigenvalue weighted by Crippen LogP contribution is -2.24. The third kappa shape index (κ3) is 3.64. The Morgan fingerprint density at radius 2 is 2.18 bits per heavy atom. The van der Waals surface area contributed by atoms with E-state index in [4.69, 9.17) is 5.73 Å². The maximum Gasteiger partial charge on any atom is 0.140 e. The third-order valence-electron chi connectivity index (χ3n) is 2.83. The number of halogens is 1. The Kier molecular flexibility index (Phi) is 5.33. The van der Waals surface area contributed by atoms with Crippen molar-refractivity contribution >= 4 is 21.7 Å². The first kappa shape index (κ1) is 14.4. The molecule has 5 heteroatoms. The predicted octanol–water partition coefficient (Wildman–Crippen LogP) is 2.21. The molecule has 0 saturated carbocycles. The fraction of sp³-hybridized carbons (Fsp3) is 0.667. The van der Waals surface area contributed by atoms with Crippen molar-refractivity contribution in [2.45, 2.75) is 52.6 Å². The van der Waals surface area contributed by atoms with Crippen LogP contribution in [0.4, 0.5) is 0 Å². The van der Waals surface area contributed by atoms with Crippen LogP contribution in [-0.2, 0) is 17.8 Å². The minimum Gasteiger partial charge on any atom is -0.327 e. The van der Waals surface area contributed by atoms with Gasteiger partial charge in [0.1, 0.15) is 5.78 Å². The van der Waals surface area contributed by atoms with Gasteiger partial charge in [0.25, 0.3) is 0 Å². The molecule has 1 aromatic rings. The number of carbonyl (C=O) groups excluding carboxylic acids is 1. The fourth-order valence-corrected chi connectivity index (χ4v) is 2.16. The van der Waals surface area contributed by atoms with Crippen LogP contribution in [0.1, 0.15) is 38.1 Å². The second kappa shape index (κ2) is 6.31. The maximum absolute atomic E-state index is 11.9. The summed E-state index contributed by atoms with van der Waals surface area (Å²) < 4.78 is 2.81. The molecule has 0 aliphatic rings. The minimum absolute atomic E-state index is 0.0274. The molecule has 1 aromatic heterocycles. The van der Waals surface area contributed by atoms with E-state index in [1.165, 1.54) is 0 Å². The van der Waals surface area contributed by atoms with E-state index in [9.17, 15) is 4.79 Å². The third-order valence-corrected chi connectivity index (χ3v) is 3.86. The second-order valence-corrected chi connectivity index (χ2v) is 5.04. The molecule has 1 heterocycles. The zero-order valence-electron chi connectivity index (χ0n) is 10.7. The number of rotatable bonds is 6. The zero-order chi connectivity index (χ0) is 13.0. The number of hydrogen-bond acceptors (Lipinski definition) is 3. The van der Waals surface area contributed by atoms with Crippen LogP contribution in [-0.4, -0.2) is 21.6 Å². The Morgan fingerprint density at radius 3 is 2.71 bits per heavy atom. The number of ketones is 1.